The highest BCUT2D eigenvalue weighted by molar-refractivity contribution is 4.72. The van der Waals surface area contributed by atoms with Crippen LogP contribution in [0.15, 0.2) is 0 Å². The second-order valence-corrected chi connectivity index (χ2v) is 4.53. The Balaban J connectivity index is 2.09. The minimum Gasteiger partial charge on any atom is -0.393 e. The van der Waals surface area contributed by atoms with E-state index in [9.17, 15) is 5.11 Å². The molecule has 1 aliphatic heterocycles. The Morgan fingerprint density at radius 2 is 2.07 bits per heavy atom. The largest absolute Gasteiger partial charge is 0.393 e. The molecule has 1 N–H and O–H groups in total. The van der Waals surface area contributed by atoms with Crippen LogP contribution >= 0.6 is 0 Å². The quantitative estimate of drug-likeness (QED) is 0.731. The molecule has 1 rings (SSSR count). The molecule has 1 aliphatic rings. The summed E-state index contributed by atoms with van der Waals surface area (Å²) in [6.45, 7) is 4.95. The van der Waals surface area contributed by atoms with Gasteiger partial charge in [0.05, 0.1) is 6.10 Å². The van der Waals surface area contributed by atoms with Crippen LogP contribution in [-0.4, -0.2) is 49.0 Å². The molecule has 0 bridgehead atoms. The number of hydrogen-bond donors (Lipinski definition) is 1. The molecule has 1 saturated heterocycles. The van der Waals surface area contributed by atoms with Gasteiger partial charge in [0.25, 0.3) is 0 Å². The van der Waals surface area contributed by atoms with E-state index in [-0.39, 0.29) is 6.10 Å². The Bertz CT molecular complexity index is 158. The van der Waals surface area contributed by atoms with Gasteiger partial charge >= 0.3 is 0 Å². The molecule has 0 radical (unpaired) electrons. The van der Waals surface area contributed by atoms with Gasteiger partial charge in [0.1, 0.15) is 0 Å². The van der Waals surface area contributed by atoms with E-state index in [0.29, 0.717) is 6.04 Å². The first-order valence-electron chi connectivity index (χ1n) is 6.20. The van der Waals surface area contributed by atoms with Crippen LogP contribution in [0.25, 0.3) is 0 Å². The molecule has 0 saturated carbocycles. The van der Waals surface area contributed by atoms with E-state index in [1.165, 1.54) is 0 Å². The Morgan fingerprint density at radius 3 is 2.67 bits per heavy atom. The maximum Gasteiger partial charge on any atom is 0.0538 e. The zero-order valence-electron chi connectivity index (χ0n) is 10.1. The molecule has 0 aliphatic carbocycles. The molecule has 15 heavy (non-hydrogen) atoms. The van der Waals surface area contributed by atoms with E-state index < -0.39 is 0 Å². The van der Waals surface area contributed by atoms with Gasteiger partial charge in [-0.1, -0.05) is 6.92 Å². The fourth-order valence-electron chi connectivity index (χ4n) is 2.09. The summed E-state index contributed by atoms with van der Waals surface area (Å²) in [4.78, 5) is 2.42. The first-order valence-corrected chi connectivity index (χ1v) is 6.20. The summed E-state index contributed by atoms with van der Waals surface area (Å²) in [6, 6.07) is 0.692. The topological polar surface area (TPSA) is 32.7 Å². The van der Waals surface area contributed by atoms with Crippen molar-refractivity contribution in [2.24, 2.45) is 0 Å². The van der Waals surface area contributed by atoms with Gasteiger partial charge in [-0.25, -0.2) is 0 Å². The summed E-state index contributed by atoms with van der Waals surface area (Å²) < 4.78 is 5.34. The number of hydrogen-bond acceptors (Lipinski definition) is 3. The molecule has 1 fully saturated rings. The van der Waals surface area contributed by atoms with Crippen molar-refractivity contribution in [3.05, 3.63) is 0 Å². The van der Waals surface area contributed by atoms with Gasteiger partial charge in [-0.05, 0) is 45.7 Å². The second-order valence-electron chi connectivity index (χ2n) is 4.53. The molecule has 3 nitrogen and oxygen atoms in total. The lowest BCUT2D eigenvalue weighted by Gasteiger charge is -2.31. The average molecular weight is 215 g/mol. The van der Waals surface area contributed by atoms with E-state index in [2.05, 4.69) is 11.9 Å². The second kappa shape index (κ2) is 7.20. The Labute approximate surface area is 93.4 Å². The fourth-order valence-corrected chi connectivity index (χ4v) is 2.09. The first kappa shape index (κ1) is 12.9. The molecular formula is C12H25NO2. The van der Waals surface area contributed by atoms with Crippen LogP contribution in [0.3, 0.4) is 0 Å². The van der Waals surface area contributed by atoms with E-state index in [0.717, 1.165) is 51.9 Å². The van der Waals surface area contributed by atoms with Gasteiger partial charge in [0, 0.05) is 19.3 Å². The van der Waals surface area contributed by atoms with Crippen LogP contribution in [0.2, 0.25) is 0 Å². The molecule has 3 heteroatoms. The number of ether oxygens (including phenoxy) is 1. The molecule has 0 aromatic heterocycles. The van der Waals surface area contributed by atoms with Gasteiger partial charge in [0.15, 0.2) is 0 Å². The third-order valence-corrected chi connectivity index (χ3v) is 3.33. The maximum atomic E-state index is 9.44. The highest BCUT2D eigenvalue weighted by Crippen LogP contribution is 2.13. The van der Waals surface area contributed by atoms with Crippen molar-refractivity contribution in [3.63, 3.8) is 0 Å². The zero-order chi connectivity index (χ0) is 11.1. The summed E-state index contributed by atoms with van der Waals surface area (Å²) in [6.07, 6.45) is 5.13. The minimum atomic E-state index is -0.104. The third kappa shape index (κ3) is 4.96. The number of aliphatic hydroxyl groups is 1. The summed E-state index contributed by atoms with van der Waals surface area (Å²) in [5.41, 5.74) is 0. The molecule has 1 atom stereocenters. The van der Waals surface area contributed by atoms with Crippen molar-refractivity contribution in [3.8, 4) is 0 Å². The predicted molar refractivity (Wildman–Crippen MR) is 62.0 cm³/mol. The summed E-state index contributed by atoms with van der Waals surface area (Å²) in [7, 11) is 2.19. The SMILES string of the molecule is CCC(O)CCCN(C)C1CCOCC1. The van der Waals surface area contributed by atoms with E-state index in [1.807, 2.05) is 6.92 Å². The maximum absolute atomic E-state index is 9.44. The molecule has 0 amide bonds. The van der Waals surface area contributed by atoms with Crippen LogP contribution in [-0.2, 0) is 4.74 Å². The Morgan fingerprint density at radius 1 is 1.40 bits per heavy atom. The highest BCUT2D eigenvalue weighted by Gasteiger charge is 2.17. The smallest absolute Gasteiger partial charge is 0.0538 e. The van der Waals surface area contributed by atoms with Crippen LogP contribution in [0.4, 0.5) is 0 Å². The predicted octanol–water partition coefficient (Wildman–Crippen LogP) is 1.65. The van der Waals surface area contributed by atoms with Crippen molar-refractivity contribution in [1.29, 1.82) is 0 Å². The normalized spacial score (nSPS) is 20.8. The summed E-state index contributed by atoms with van der Waals surface area (Å²) in [5.74, 6) is 0. The third-order valence-electron chi connectivity index (χ3n) is 3.33. The van der Waals surface area contributed by atoms with Gasteiger partial charge in [-0.15, -0.1) is 0 Å². The highest BCUT2D eigenvalue weighted by atomic mass is 16.5. The molecule has 1 heterocycles. The van der Waals surface area contributed by atoms with E-state index in [1.54, 1.807) is 0 Å². The lowest BCUT2D eigenvalue weighted by atomic mass is 10.1. The number of aliphatic hydroxyl groups excluding tert-OH is 1. The average Bonchev–Trinajstić information content (AvgIpc) is 2.29. The van der Waals surface area contributed by atoms with Gasteiger partial charge < -0.3 is 14.7 Å². The fraction of sp³-hybridized carbons (Fsp3) is 1.00. The Hall–Kier alpha value is -0.120. The first-order chi connectivity index (χ1) is 7.24. The summed E-state index contributed by atoms with van der Waals surface area (Å²) in [5, 5.41) is 9.44. The molecule has 0 aromatic rings. The molecule has 0 spiro atoms. The van der Waals surface area contributed by atoms with Gasteiger partial charge in [-0.3, -0.25) is 0 Å². The Kier molecular flexibility index (Phi) is 6.22. The van der Waals surface area contributed by atoms with Gasteiger partial charge in [-0.2, -0.15) is 0 Å². The van der Waals surface area contributed by atoms with Crippen molar-refractivity contribution in [1.82, 2.24) is 4.90 Å². The van der Waals surface area contributed by atoms with Crippen molar-refractivity contribution >= 4 is 0 Å². The minimum absolute atomic E-state index is 0.104. The molecular weight excluding hydrogens is 190 g/mol. The van der Waals surface area contributed by atoms with Gasteiger partial charge in [0.2, 0.25) is 0 Å². The standard InChI is InChI=1S/C12H25NO2/c1-3-12(14)5-4-8-13(2)11-6-9-15-10-7-11/h11-12,14H,3-10H2,1-2H3. The number of nitrogens with zero attached hydrogens (tertiary/aromatic N) is 1. The number of rotatable bonds is 6. The summed E-state index contributed by atoms with van der Waals surface area (Å²) >= 11 is 0. The molecule has 1 unspecified atom stereocenters. The lowest BCUT2D eigenvalue weighted by molar-refractivity contribution is 0.0411. The van der Waals surface area contributed by atoms with Crippen molar-refractivity contribution in [2.45, 2.75) is 51.2 Å². The van der Waals surface area contributed by atoms with Crippen LogP contribution in [0.5, 0.6) is 0 Å². The molecule has 90 valence electrons. The van der Waals surface area contributed by atoms with Crippen LogP contribution in [0, 0.1) is 0 Å². The molecule has 0 aromatic carbocycles. The van der Waals surface area contributed by atoms with Crippen LogP contribution in [0.1, 0.15) is 39.0 Å². The lowest BCUT2D eigenvalue weighted by Crippen LogP contribution is -2.37. The zero-order valence-corrected chi connectivity index (χ0v) is 10.1. The van der Waals surface area contributed by atoms with Crippen LogP contribution < -0.4 is 0 Å². The van der Waals surface area contributed by atoms with E-state index in [4.69, 9.17) is 4.74 Å². The van der Waals surface area contributed by atoms with Crippen molar-refractivity contribution < 1.29 is 9.84 Å². The van der Waals surface area contributed by atoms with E-state index >= 15 is 0 Å². The monoisotopic (exact) mass is 215 g/mol. The van der Waals surface area contributed by atoms with Crippen molar-refractivity contribution in [2.75, 3.05) is 26.8 Å².